The zero-order chi connectivity index (χ0) is 17.1. The first-order valence-electron chi connectivity index (χ1n) is 8.62. The third-order valence-electron chi connectivity index (χ3n) is 4.69. The second kappa shape index (κ2) is 7.35. The van der Waals surface area contributed by atoms with Crippen LogP contribution in [0.1, 0.15) is 17.3 Å². The van der Waals surface area contributed by atoms with Gasteiger partial charge in [-0.3, -0.25) is 9.80 Å². The second-order valence-electron chi connectivity index (χ2n) is 6.45. The minimum atomic E-state index is 0.391. The number of nitrogens with zero attached hydrogens (tertiary/aromatic N) is 4. The molecule has 1 aliphatic heterocycles. The summed E-state index contributed by atoms with van der Waals surface area (Å²) in [4.78, 5) is 12.5. The molecule has 7 nitrogen and oxygen atoms in total. The Balaban J connectivity index is 1.31. The van der Waals surface area contributed by atoms with E-state index in [1.807, 2.05) is 6.20 Å². The summed E-state index contributed by atoms with van der Waals surface area (Å²) in [7, 11) is 1.63. The lowest BCUT2D eigenvalue weighted by Gasteiger charge is -2.34. The van der Waals surface area contributed by atoms with Gasteiger partial charge in [-0.05, 0) is 17.7 Å². The van der Waals surface area contributed by atoms with E-state index in [0.717, 1.165) is 32.7 Å². The molecule has 1 N–H and O–H groups in total. The van der Waals surface area contributed by atoms with Crippen LogP contribution >= 0.6 is 0 Å². The highest BCUT2D eigenvalue weighted by atomic mass is 16.5. The van der Waals surface area contributed by atoms with Gasteiger partial charge in [0.1, 0.15) is 6.61 Å². The average Bonchev–Trinajstić information content (AvgIpc) is 3.27. The topological polar surface area (TPSA) is 70.4 Å². The van der Waals surface area contributed by atoms with E-state index in [2.05, 4.69) is 49.2 Å². The van der Waals surface area contributed by atoms with Crippen LogP contribution in [-0.2, 0) is 24.4 Å². The summed E-state index contributed by atoms with van der Waals surface area (Å²) in [5.74, 6) is 1.27. The number of hydrogen-bond acceptors (Lipinski definition) is 6. The van der Waals surface area contributed by atoms with E-state index in [1.54, 1.807) is 7.11 Å². The molecule has 1 aliphatic rings. The van der Waals surface area contributed by atoms with Crippen molar-refractivity contribution in [3.63, 3.8) is 0 Å². The summed E-state index contributed by atoms with van der Waals surface area (Å²) in [5, 5.41) is 5.24. The lowest BCUT2D eigenvalue weighted by Crippen LogP contribution is -2.45. The standard InChI is InChI=1S/C18H23N5O2/c1-24-13-17-20-18(25-21-17)12-23-9-7-22(8-10-23)11-14-3-2-4-16-15(14)5-6-19-16/h2-6,19H,7-13H2,1H3. The summed E-state index contributed by atoms with van der Waals surface area (Å²) < 4.78 is 10.3. The van der Waals surface area contributed by atoms with E-state index >= 15 is 0 Å². The van der Waals surface area contributed by atoms with Crippen molar-refractivity contribution in [3.8, 4) is 0 Å². The van der Waals surface area contributed by atoms with Crippen molar-refractivity contribution in [3.05, 3.63) is 47.7 Å². The number of nitrogens with one attached hydrogen (secondary N) is 1. The molecule has 0 saturated carbocycles. The minimum absolute atomic E-state index is 0.391. The maximum atomic E-state index is 5.28. The number of aromatic amines is 1. The van der Waals surface area contributed by atoms with Gasteiger partial charge in [0.25, 0.3) is 0 Å². The van der Waals surface area contributed by atoms with Crippen molar-refractivity contribution in [2.24, 2.45) is 0 Å². The largest absolute Gasteiger partial charge is 0.377 e. The van der Waals surface area contributed by atoms with Crippen molar-refractivity contribution < 1.29 is 9.26 Å². The van der Waals surface area contributed by atoms with Gasteiger partial charge in [-0.1, -0.05) is 17.3 Å². The van der Waals surface area contributed by atoms with E-state index in [1.165, 1.54) is 16.5 Å². The number of ether oxygens (including phenoxy) is 1. The predicted octanol–water partition coefficient (Wildman–Crippen LogP) is 2.02. The summed E-state index contributed by atoms with van der Waals surface area (Å²) >= 11 is 0. The SMILES string of the molecule is COCc1noc(CN2CCN(Cc3cccc4[nH]ccc34)CC2)n1. The summed E-state index contributed by atoms with van der Waals surface area (Å²) in [6.07, 6.45) is 2.01. The summed E-state index contributed by atoms with van der Waals surface area (Å²) in [6.45, 7) is 6.18. The van der Waals surface area contributed by atoms with Gasteiger partial charge >= 0.3 is 0 Å². The number of aromatic nitrogens is 3. The van der Waals surface area contributed by atoms with Crippen molar-refractivity contribution in [2.75, 3.05) is 33.3 Å². The highest BCUT2D eigenvalue weighted by Crippen LogP contribution is 2.20. The normalized spacial score (nSPS) is 16.7. The Morgan fingerprint density at radius 3 is 2.72 bits per heavy atom. The number of rotatable bonds is 6. The van der Waals surface area contributed by atoms with Crippen LogP contribution in [0.25, 0.3) is 10.9 Å². The van der Waals surface area contributed by atoms with Gasteiger partial charge in [-0.25, -0.2) is 0 Å². The maximum Gasteiger partial charge on any atom is 0.240 e. The highest BCUT2D eigenvalue weighted by molar-refractivity contribution is 5.82. The molecule has 4 rings (SSSR count). The first kappa shape index (κ1) is 16.3. The fourth-order valence-corrected chi connectivity index (χ4v) is 3.37. The molecule has 3 heterocycles. The van der Waals surface area contributed by atoms with Crippen LogP contribution in [0.3, 0.4) is 0 Å². The zero-order valence-electron chi connectivity index (χ0n) is 14.4. The molecule has 0 spiro atoms. The van der Waals surface area contributed by atoms with Crippen molar-refractivity contribution in [2.45, 2.75) is 19.7 Å². The maximum absolute atomic E-state index is 5.28. The molecule has 1 fully saturated rings. The van der Waals surface area contributed by atoms with Gasteiger partial charge in [0.05, 0.1) is 6.54 Å². The summed E-state index contributed by atoms with van der Waals surface area (Å²) in [5.41, 5.74) is 2.59. The van der Waals surface area contributed by atoms with Gasteiger partial charge in [0, 0.05) is 56.9 Å². The van der Waals surface area contributed by atoms with Crippen molar-refractivity contribution in [1.29, 1.82) is 0 Å². The van der Waals surface area contributed by atoms with E-state index in [-0.39, 0.29) is 0 Å². The Kier molecular flexibility index (Phi) is 4.78. The van der Waals surface area contributed by atoms with E-state index in [9.17, 15) is 0 Å². The summed E-state index contributed by atoms with van der Waals surface area (Å²) in [6, 6.07) is 8.63. The molecule has 0 amide bonds. The van der Waals surface area contributed by atoms with Gasteiger partial charge in [0.15, 0.2) is 5.82 Å². The molecule has 0 radical (unpaired) electrons. The van der Waals surface area contributed by atoms with Gasteiger partial charge in [-0.15, -0.1) is 0 Å². The molecule has 1 aromatic carbocycles. The number of H-pyrrole nitrogens is 1. The minimum Gasteiger partial charge on any atom is -0.377 e. The first-order valence-corrected chi connectivity index (χ1v) is 8.62. The smallest absolute Gasteiger partial charge is 0.240 e. The van der Waals surface area contributed by atoms with Gasteiger partial charge in [-0.2, -0.15) is 4.98 Å². The Morgan fingerprint density at radius 1 is 1.12 bits per heavy atom. The molecular formula is C18H23N5O2. The quantitative estimate of drug-likeness (QED) is 0.740. The second-order valence-corrected chi connectivity index (χ2v) is 6.45. The highest BCUT2D eigenvalue weighted by Gasteiger charge is 2.20. The molecular weight excluding hydrogens is 318 g/mol. The van der Waals surface area contributed by atoms with Crippen LogP contribution < -0.4 is 0 Å². The number of benzene rings is 1. The fourth-order valence-electron chi connectivity index (χ4n) is 3.37. The molecule has 7 heteroatoms. The van der Waals surface area contributed by atoms with E-state index in [4.69, 9.17) is 9.26 Å². The van der Waals surface area contributed by atoms with E-state index < -0.39 is 0 Å². The van der Waals surface area contributed by atoms with Crippen LogP contribution in [0.5, 0.6) is 0 Å². The number of hydrogen-bond donors (Lipinski definition) is 1. The van der Waals surface area contributed by atoms with Gasteiger partial charge < -0.3 is 14.2 Å². The first-order chi connectivity index (χ1) is 12.3. The fraction of sp³-hybridized carbons (Fsp3) is 0.444. The monoisotopic (exact) mass is 341 g/mol. The van der Waals surface area contributed by atoms with E-state index in [0.29, 0.717) is 24.9 Å². The Labute approximate surface area is 146 Å². The number of piperazine rings is 1. The van der Waals surface area contributed by atoms with Crippen LogP contribution in [0.4, 0.5) is 0 Å². The lowest BCUT2D eigenvalue weighted by atomic mass is 10.1. The molecule has 3 aromatic rings. The molecule has 25 heavy (non-hydrogen) atoms. The lowest BCUT2D eigenvalue weighted by molar-refractivity contribution is 0.112. The molecule has 0 bridgehead atoms. The Bertz CT molecular complexity index is 820. The van der Waals surface area contributed by atoms with Crippen molar-refractivity contribution >= 4 is 10.9 Å². The molecule has 0 atom stereocenters. The zero-order valence-corrected chi connectivity index (χ0v) is 14.4. The number of fused-ring (bicyclic) bond motifs is 1. The predicted molar refractivity (Wildman–Crippen MR) is 93.9 cm³/mol. The number of methoxy groups -OCH3 is 1. The van der Waals surface area contributed by atoms with Crippen LogP contribution in [0, 0.1) is 0 Å². The van der Waals surface area contributed by atoms with Gasteiger partial charge in [0.2, 0.25) is 5.89 Å². The molecule has 0 unspecified atom stereocenters. The van der Waals surface area contributed by atoms with Crippen molar-refractivity contribution in [1.82, 2.24) is 24.9 Å². The average molecular weight is 341 g/mol. The molecule has 2 aromatic heterocycles. The molecule has 1 saturated heterocycles. The Morgan fingerprint density at radius 2 is 1.92 bits per heavy atom. The molecule has 0 aliphatic carbocycles. The van der Waals surface area contributed by atoms with Crippen LogP contribution in [0.2, 0.25) is 0 Å². The van der Waals surface area contributed by atoms with Crippen LogP contribution in [0.15, 0.2) is 35.0 Å². The Hall–Kier alpha value is -2.22. The third-order valence-corrected chi connectivity index (χ3v) is 4.69. The third kappa shape index (κ3) is 3.73. The molecule has 132 valence electrons. The van der Waals surface area contributed by atoms with Crippen LogP contribution in [-0.4, -0.2) is 58.2 Å².